The zero-order chi connectivity index (χ0) is 12.7. The Morgan fingerprint density at radius 2 is 1.88 bits per heavy atom. The van der Waals surface area contributed by atoms with Crippen molar-refractivity contribution < 1.29 is 24.3 Å². The maximum absolute atomic E-state index is 10.3. The smallest absolute Gasteiger partial charge is 0.423 e. The molecule has 1 aromatic carbocycles. The summed E-state index contributed by atoms with van der Waals surface area (Å²) in [4.78, 5) is 9.65. The number of rotatable bonds is 2. The van der Waals surface area contributed by atoms with E-state index in [-0.39, 0.29) is 11.2 Å². The quantitative estimate of drug-likeness (QED) is 0.382. The molecule has 0 amide bonds. The van der Waals surface area contributed by atoms with Crippen molar-refractivity contribution in [1.82, 2.24) is 0 Å². The second-order valence-electron chi connectivity index (χ2n) is 3.03. The van der Waals surface area contributed by atoms with Gasteiger partial charge in [0.2, 0.25) is 0 Å². The van der Waals surface area contributed by atoms with Crippen molar-refractivity contribution in [2.75, 3.05) is 13.2 Å². The van der Waals surface area contributed by atoms with Crippen molar-refractivity contribution in [2.24, 2.45) is 0 Å². The van der Waals surface area contributed by atoms with Gasteiger partial charge in [-0.2, -0.15) is 0 Å². The van der Waals surface area contributed by atoms with Gasteiger partial charge in [0.05, 0.1) is 23.6 Å². The van der Waals surface area contributed by atoms with Crippen LogP contribution in [0.3, 0.4) is 0 Å². The largest absolute Gasteiger partial charge is 0.495 e. The first kappa shape index (κ1) is 13.7. The summed E-state index contributed by atoms with van der Waals surface area (Å²) in [5.74, 6) is 0. The van der Waals surface area contributed by atoms with Crippen molar-refractivity contribution in [1.29, 1.82) is 0 Å². The highest BCUT2D eigenvalue weighted by molar-refractivity contribution is 6.60. The number of nitrogens with zero attached hydrogens (tertiary/aromatic N) is 1. The highest BCUT2D eigenvalue weighted by Gasteiger charge is 2.22. The first-order valence-electron chi connectivity index (χ1n) is 4.77. The lowest BCUT2D eigenvalue weighted by atomic mass is 9.79. The van der Waals surface area contributed by atoms with Crippen molar-refractivity contribution >= 4 is 26.0 Å². The topological polar surface area (TPSA) is 102 Å². The minimum Gasteiger partial charge on any atom is -0.423 e. The van der Waals surface area contributed by atoms with Gasteiger partial charge < -0.3 is 19.4 Å². The monoisotopic (exact) mass is 238 g/mol. The molecular formula is C8H10B2NO6. The van der Waals surface area contributed by atoms with Gasteiger partial charge in [-0.15, -0.1) is 0 Å². The van der Waals surface area contributed by atoms with E-state index in [4.69, 9.17) is 10.0 Å². The SMILES string of the molecule is O=[N+]([O-])c1ccccc1B(O)O.[B]1OCCO1. The van der Waals surface area contributed by atoms with Crippen molar-refractivity contribution in [3.63, 3.8) is 0 Å². The molecule has 7 nitrogen and oxygen atoms in total. The van der Waals surface area contributed by atoms with Crippen LogP contribution in [-0.2, 0) is 9.31 Å². The number of para-hydroxylation sites is 1. The van der Waals surface area contributed by atoms with Crippen LogP contribution in [0.1, 0.15) is 0 Å². The molecule has 17 heavy (non-hydrogen) atoms. The van der Waals surface area contributed by atoms with Gasteiger partial charge >= 0.3 is 14.8 Å². The standard InChI is InChI=1S/C6H6BNO4.C2H4BO2/c9-7(10)5-3-1-2-4-6(5)8(11)12;1-2-5-3-4-1/h1-4,9-10H;1-2H2. The van der Waals surface area contributed by atoms with Crippen LogP contribution >= 0.6 is 0 Å². The molecule has 1 radical (unpaired) electrons. The van der Waals surface area contributed by atoms with Crippen LogP contribution in [0.4, 0.5) is 5.69 Å². The molecule has 0 spiro atoms. The second-order valence-corrected chi connectivity index (χ2v) is 3.03. The van der Waals surface area contributed by atoms with Crippen LogP contribution in [0.25, 0.3) is 0 Å². The summed E-state index contributed by atoms with van der Waals surface area (Å²) < 4.78 is 9.19. The summed E-state index contributed by atoms with van der Waals surface area (Å²) in [6.07, 6.45) is 0. The predicted molar refractivity (Wildman–Crippen MR) is 60.6 cm³/mol. The lowest BCUT2D eigenvalue weighted by molar-refractivity contribution is -0.383. The molecule has 1 aliphatic rings. The van der Waals surface area contributed by atoms with Gasteiger partial charge in [0.1, 0.15) is 0 Å². The summed E-state index contributed by atoms with van der Waals surface area (Å²) >= 11 is 0. The number of nitro benzene ring substituents is 1. The molecule has 2 rings (SSSR count). The van der Waals surface area contributed by atoms with Gasteiger partial charge in [-0.3, -0.25) is 10.1 Å². The summed E-state index contributed by atoms with van der Waals surface area (Å²) in [6.45, 7) is 1.44. The Balaban J connectivity index is 0.000000239. The van der Waals surface area contributed by atoms with Crippen LogP contribution in [0.15, 0.2) is 24.3 Å². The molecule has 0 bridgehead atoms. The molecule has 1 aromatic rings. The Bertz CT molecular complexity index is 363. The van der Waals surface area contributed by atoms with E-state index in [9.17, 15) is 10.1 Å². The molecule has 1 aliphatic heterocycles. The van der Waals surface area contributed by atoms with Crippen molar-refractivity contribution in [3.05, 3.63) is 34.4 Å². The molecule has 9 heteroatoms. The van der Waals surface area contributed by atoms with Crippen LogP contribution in [0.2, 0.25) is 0 Å². The summed E-state index contributed by atoms with van der Waals surface area (Å²) in [6, 6.07) is 5.48. The summed E-state index contributed by atoms with van der Waals surface area (Å²) in [5, 5.41) is 27.7. The van der Waals surface area contributed by atoms with Gasteiger partial charge in [0.15, 0.2) is 0 Å². The zero-order valence-corrected chi connectivity index (χ0v) is 8.85. The van der Waals surface area contributed by atoms with E-state index in [1.807, 2.05) is 0 Å². The highest BCUT2D eigenvalue weighted by atomic mass is 16.6. The Hall–Kier alpha value is -1.41. The molecule has 0 unspecified atom stereocenters. The number of benzene rings is 1. The maximum Gasteiger partial charge on any atom is 0.495 e. The predicted octanol–water partition coefficient (Wildman–Crippen LogP) is -1.16. The Morgan fingerprint density at radius 1 is 1.29 bits per heavy atom. The lowest BCUT2D eigenvalue weighted by Crippen LogP contribution is -2.31. The van der Waals surface area contributed by atoms with Gasteiger partial charge in [-0.1, -0.05) is 18.2 Å². The second kappa shape index (κ2) is 7.02. The fourth-order valence-corrected chi connectivity index (χ4v) is 1.11. The zero-order valence-electron chi connectivity index (χ0n) is 8.85. The maximum atomic E-state index is 10.3. The fourth-order valence-electron chi connectivity index (χ4n) is 1.11. The van der Waals surface area contributed by atoms with E-state index >= 15 is 0 Å². The van der Waals surface area contributed by atoms with Crippen molar-refractivity contribution in [2.45, 2.75) is 0 Å². The number of hydrogen-bond acceptors (Lipinski definition) is 6. The lowest BCUT2D eigenvalue weighted by Gasteiger charge is -1.99. The number of hydrogen-bond donors (Lipinski definition) is 2. The average molecular weight is 238 g/mol. The Kier molecular flexibility index (Phi) is 5.64. The highest BCUT2D eigenvalue weighted by Crippen LogP contribution is 2.06. The van der Waals surface area contributed by atoms with E-state index < -0.39 is 12.0 Å². The van der Waals surface area contributed by atoms with E-state index in [0.717, 1.165) is 13.2 Å². The molecule has 89 valence electrons. The molecule has 1 heterocycles. The fraction of sp³-hybridized carbons (Fsp3) is 0.250. The van der Waals surface area contributed by atoms with Crippen LogP contribution in [0, 0.1) is 10.1 Å². The van der Waals surface area contributed by atoms with Crippen molar-refractivity contribution in [3.8, 4) is 0 Å². The molecule has 1 fully saturated rings. The van der Waals surface area contributed by atoms with E-state index in [0.29, 0.717) is 0 Å². The van der Waals surface area contributed by atoms with Gasteiger partial charge in [0, 0.05) is 6.07 Å². The average Bonchev–Trinajstić information content (AvgIpc) is 2.87. The normalized spacial score (nSPS) is 13.3. The molecule has 0 atom stereocenters. The minimum atomic E-state index is -1.80. The summed E-state index contributed by atoms with van der Waals surface area (Å²) in [7, 11) is -0.438. The molecule has 0 saturated carbocycles. The van der Waals surface area contributed by atoms with E-state index in [2.05, 4.69) is 9.31 Å². The first-order valence-corrected chi connectivity index (χ1v) is 4.77. The molecule has 0 aliphatic carbocycles. The van der Waals surface area contributed by atoms with Gasteiger partial charge in [0.25, 0.3) is 5.69 Å². The third-order valence-electron chi connectivity index (χ3n) is 1.87. The first-order chi connectivity index (χ1) is 8.13. The molecule has 1 saturated heterocycles. The Morgan fingerprint density at radius 3 is 2.24 bits per heavy atom. The van der Waals surface area contributed by atoms with Crippen LogP contribution in [0.5, 0.6) is 0 Å². The molecular weight excluding hydrogens is 228 g/mol. The van der Waals surface area contributed by atoms with Gasteiger partial charge in [-0.25, -0.2) is 0 Å². The van der Waals surface area contributed by atoms with Crippen LogP contribution < -0.4 is 5.46 Å². The molecule has 0 aromatic heterocycles. The van der Waals surface area contributed by atoms with Crippen LogP contribution in [-0.4, -0.2) is 43.0 Å². The third-order valence-corrected chi connectivity index (χ3v) is 1.87. The van der Waals surface area contributed by atoms with Gasteiger partial charge in [-0.05, 0) is 0 Å². The number of nitro groups is 1. The van der Waals surface area contributed by atoms with E-state index in [1.54, 1.807) is 0 Å². The van der Waals surface area contributed by atoms with E-state index in [1.165, 1.54) is 32.0 Å². The minimum absolute atomic E-state index is 0.0949. The molecule has 2 N–H and O–H groups in total. The summed E-state index contributed by atoms with van der Waals surface area (Å²) in [5.41, 5.74) is -0.380. The Labute approximate surface area is 98.6 Å². The third kappa shape index (κ3) is 4.53.